The zero-order valence-corrected chi connectivity index (χ0v) is 13.0. The van der Waals surface area contributed by atoms with E-state index >= 15 is 0 Å². The van der Waals surface area contributed by atoms with Gasteiger partial charge in [-0.25, -0.2) is 0 Å². The molecule has 20 heavy (non-hydrogen) atoms. The van der Waals surface area contributed by atoms with Gasteiger partial charge in [0.15, 0.2) is 0 Å². The molecule has 1 fully saturated rings. The predicted molar refractivity (Wildman–Crippen MR) is 79.8 cm³/mol. The zero-order chi connectivity index (χ0) is 15.1. The van der Waals surface area contributed by atoms with Gasteiger partial charge in [-0.3, -0.25) is 4.79 Å². The molecule has 5 nitrogen and oxygen atoms in total. The number of rotatable bonds is 5. The second-order valence-corrected chi connectivity index (χ2v) is 5.96. The van der Waals surface area contributed by atoms with E-state index in [0.717, 1.165) is 25.9 Å². The quantitative estimate of drug-likeness (QED) is 0.606. The van der Waals surface area contributed by atoms with Gasteiger partial charge in [-0.15, -0.1) is 0 Å². The molecule has 1 N–H and O–H groups in total. The van der Waals surface area contributed by atoms with Gasteiger partial charge in [-0.1, -0.05) is 13.8 Å². The van der Waals surface area contributed by atoms with E-state index < -0.39 is 0 Å². The van der Waals surface area contributed by atoms with Gasteiger partial charge in [-0.2, -0.15) is 5.26 Å². The average Bonchev–Trinajstić information content (AvgIpc) is 2.42. The minimum atomic E-state index is -0.277. The molecule has 0 unspecified atom stereocenters. The first-order valence-electron chi connectivity index (χ1n) is 7.24. The van der Waals surface area contributed by atoms with Crippen LogP contribution in [0.5, 0.6) is 0 Å². The Morgan fingerprint density at radius 3 is 2.60 bits per heavy atom. The van der Waals surface area contributed by atoms with Crippen LogP contribution in [0.4, 0.5) is 0 Å². The number of amides is 1. The van der Waals surface area contributed by atoms with Gasteiger partial charge in [0.25, 0.3) is 5.91 Å². The average molecular weight is 278 g/mol. The number of carbonyl (C=O) groups excluding carboxylic acids is 1. The Labute approximate surface area is 122 Å². The summed E-state index contributed by atoms with van der Waals surface area (Å²) in [5, 5.41) is 11.9. The smallest absolute Gasteiger partial charge is 0.263 e. The van der Waals surface area contributed by atoms with Gasteiger partial charge < -0.3 is 15.1 Å². The number of piperidine rings is 1. The molecule has 0 aromatic heterocycles. The molecule has 1 heterocycles. The molecule has 0 spiro atoms. The summed E-state index contributed by atoms with van der Waals surface area (Å²) in [4.78, 5) is 16.2. The lowest BCUT2D eigenvalue weighted by molar-refractivity contribution is -0.117. The molecule has 0 saturated carbocycles. The third-order valence-corrected chi connectivity index (χ3v) is 3.63. The summed E-state index contributed by atoms with van der Waals surface area (Å²) in [6.07, 6.45) is 3.82. The van der Waals surface area contributed by atoms with Crippen LogP contribution >= 0.6 is 0 Å². The Morgan fingerprint density at radius 1 is 1.50 bits per heavy atom. The molecule has 1 saturated heterocycles. The molecule has 1 aliphatic heterocycles. The zero-order valence-electron chi connectivity index (χ0n) is 13.0. The summed E-state index contributed by atoms with van der Waals surface area (Å²) < 4.78 is 0. The van der Waals surface area contributed by atoms with E-state index in [9.17, 15) is 4.79 Å². The third kappa shape index (κ3) is 5.22. The molecule has 1 amide bonds. The lowest BCUT2D eigenvalue weighted by atomic mass is 10.0. The van der Waals surface area contributed by atoms with Crippen molar-refractivity contribution < 1.29 is 4.79 Å². The van der Waals surface area contributed by atoms with E-state index in [1.165, 1.54) is 0 Å². The third-order valence-electron chi connectivity index (χ3n) is 3.63. The number of hydrogen-bond donors (Lipinski definition) is 1. The summed E-state index contributed by atoms with van der Waals surface area (Å²) in [5.41, 5.74) is 0.187. The monoisotopic (exact) mass is 278 g/mol. The van der Waals surface area contributed by atoms with Gasteiger partial charge in [-0.05, 0) is 38.9 Å². The molecule has 1 aliphatic rings. The SMILES string of the molecule is CC(C)CNC(=O)/C(C#N)=C\N(C)C1CCN(C)CC1. The van der Waals surface area contributed by atoms with E-state index in [0.29, 0.717) is 18.5 Å². The molecule has 0 atom stereocenters. The van der Waals surface area contributed by atoms with Gasteiger partial charge in [0, 0.05) is 25.8 Å². The van der Waals surface area contributed by atoms with Crippen LogP contribution in [0, 0.1) is 17.2 Å². The normalized spacial score (nSPS) is 17.9. The maximum atomic E-state index is 11.9. The first kappa shape index (κ1) is 16.5. The van der Waals surface area contributed by atoms with Crippen molar-refractivity contribution >= 4 is 5.91 Å². The molecule has 5 heteroatoms. The van der Waals surface area contributed by atoms with E-state index in [-0.39, 0.29) is 11.5 Å². The highest BCUT2D eigenvalue weighted by molar-refractivity contribution is 5.97. The van der Waals surface area contributed by atoms with Gasteiger partial charge in [0.2, 0.25) is 0 Å². The first-order valence-corrected chi connectivity index (χ1v) is 7.24. The summed E-state index contributed by atoms with van der Waals surface area (Å²) in [5.74, 6) is 0.103. The summed E-state index contributed by atoms with van der Waals surface area (Å²) in [7, 11) is 4.06. The minimum Gasteiger partial charge on any atom is -0.376 e. The molecule has 112 valence electrons. The fraction of sp³-hybridized carbons (Fsp3) is 0.733. The van der Waals surface area contributed by atoms with E-state index in [4.69, 9.17) is 5.26 Å². The second-order valence-electron chi connectivity index (χ2n) is 5.96. The largest absolute Gasteiger partial charge is 0.376 e. The Balaban J connectivity index is 2.59. The predicted octanol–water partition coefficient (Wildman–Crippen LogP) is 1.19. The number of nitrogens with zero attached hydrogens (tertiary/aromatic N) is 3. The highest BCUT2D eigenvalue weighted by Gasteiger charge is 2.20. The van der Waals surface area contributed by atoms with Crippen molar-refractivity contribution in [2.45, 2.75) is 32.7 Å². The van der Waals surface area contributed by atoms with Crippen molar-refractivity contribution in [3.8, 4) is 6.07 Å². The maximum Gasteiger partial charge on any atom is 0.263 e. The Morgan fingerprint density at radius 2 is 2.10 bits per heavy atom. The van der Waals surface area contributed by atoms with Crippen LogP contribution in [-0.4, -0.2) is 55.5 Å². The molecule has 1 rings (SSSR count). The highest BCUT2D eigenvalue weighted by Crippen LogP contribution is 2.15. The molecular weight excluding hydrogens is 252 g/mol. The first-order chi connectivity index (χ1) is 9.43. The standard InChI is InChI=1S/C15H26N4O/c1-12(2)10-17-15(20)13(9-16)11-19(4)14-5-7-18(3)8-6-14/h11-12,14H,5-8,10H2,1-4H3,(H,17,20)/b13-11-. The Bertz CT molecular complexity index is 389. The van der Waals surface area contributed by atoms with E-state index in [1.54, 1.807) is 6.20 Å². The van der Waals surface area contributed by atoms with Crippen LogP contribution < -0.4 is 5.32 Å². The highest BCUT2D eigenvalue weighted by atomic mass is 16.1. The number of carbonyl (C=O) groups is 1. The van der Waals surface area contributed by atoms with Crippen LogP contribution in [0.1, 0.15) is 26.7 Å². The van der Waals surface area contributed by atoms with Crippen molar-refractivity contribution in [1.82, 2.24) is 15.1 Å². The van der Waals surface area contributed by atoms with Crippen LogP contribution in [-0.2, 0) is 4.79 Å². The van der Waals surface area contributed by atoms with Crippen molar-refractivity contribution in [1.29, 1.82) is 5.26 Å². The maximum absolute atomic E-state index is 11.9. The van der Waals surface area contributed by atoms with Crippen LogP contribution in [0.25, 0.3) is 0 Å². The molecule has 0 aromatic carbocycles. The van der Waals surface area contributed by atoms with Crippen LogP contribution in [0.15, 0.2) is 11.8 Å². The summed E-state index contributed by atoms with van der Waals surface area (Å²) in [6, 6.07) is 2.41. The minimum absolute atomic E-state index is 0.187. The van der Waals surface area contributed by atoms with Crippen LogP contribution in [0.3, 0.4) is 0 Å². The van der Waals surface area contributed by atoms with Gasteiger partial charge in [0.1, 0.15) is 11.6 Å². The number of nitrogens with one attached hydrogen (secondary N) is 1. The number of nitriles is 1. The Hall–Kier alpha value is -1.54. The summed E-state index contributed by atoms with van der Waals surface area (Å²) in [6.45, 7) is 6.77. The topological polar surface area (TPSA) is 59.4 Å². The lowest BCUT2D eigenvalue weighted by Gasteiger charge is -2.34. The molecule has 0 radical (unpaired) electrons. The van der Waals surface area contributed by atoms with E-state index in [2.05, 4.69) is 17.3 Å². The van der Waals surface area contributed by atoms with Crippen LogP contribution in [0.2, 0.25) is 0 Å². The summed E-state index contributed by atoms with van der Waals surface area (Å²) >= 11 is 0. The van der Waals surface area contributed by atoms with Crippen molar-refractivity contribution in [3.63, 3.8) is 0 Å². The van der Waals surface area contributed by atoms with E-state index in [1.807, 2.05) is 31.9 Å². The second kappa shape index (κ2) is 7.91. The fourth-order valence-corrected chi connectivity index (χ4v) is 2.24. The number of hydrogen-bond acceptors (Lipinski definition) is 4. The van der Waals surface area contributed by atoms with Gasteiger partial charge in [0.05, 0.1) is 0 Å². The molecular formula is C15H26N4O. The van der Waals surface area contributed by atoms with Crippen molar-refractivity contribution in [3.05, 3.63) is 11.8 Å². The van der Waals surface area contributed by atoms with Crippen molar-refractivity contribution in [2.24, 2.45) is 5.92 Å². The molecule has 0 bridgehead atoms. The lowest BCUT2D eigenvalue weighted by Crippen LogP contribution is -2.40. The number of likely N-dealkylation sites (tertiary alicyclic amines) is 1. The van der Waals surface area contributed by atoms with Crippen molar-refractivity contribution in [2.75, 3.05) is 33.7 Å². The molecule has 0 aromatic rings. The molecule has 0 aliphatic carbocycles. The Kier molecular flexibility index (Phi) is 6.53. The fourth-order valence-electron chi connectivity index (χ4n) is 2.24. The van der Waals surface area contributed by atoms with Gasteiger partial charge >= 0.3 is 0 Å².